The summed E-state index contributed by atoms with van der Waals surface area (Å²) in [4.78, 5) is 39.0. The number of alkyl carbamates (subject to hydrolysis) is 1. The van der Waals surface area contributed by atoms with Crippen LogP contribution in [0, 0.1) is 0 Å². The maximum Gasteiger partial charge on any atom is 0.407 e. The minimum atomic E-state index is -0.975. The van der Waals surface area contributed by atoms with E-state index in [1.54, 1.807) is 0 Å². The van der Waals surface area contributed by atoms with E-state index in [9.17, 15) is 14.4 Å². The molecule has 0 spiro atoms. The number of fused-ring (bicyclic) bond motifs is 3. The van der Waals surface area contributed by atoms with Crippen LogP contribution in [0.1, 0.15) is 40.7 Å². The Labute approximate surface area is 292 Å². The fourth-order valence-corrected chi connectivity index (χ4v) is 6.26. The average Bonchev–Trinajstić information content (AvgIpc) is 3.46. The molecule has 0 aromatic heterocycles. The zero-order valence-electron chi connectivity index (χ0n) is 27.9. The number of benzene rings is 5. The monoisotopic (exact) mass is 668 g/mol. The Kier molecular flexibility index (Phi) is 11.2. The second-order valence-corrected chi connectivity index (χ2v) is 12.3. The molecule has 8 nitrogen and oxygen atoms in total. The Morgan fingerprint density at radius 2 is 1.18 bits per heavy atom. The van der Waals surface area contributed by atoms with Crippen LogP contribution < -0.4 is 15.4 Å². The molecule has 0 saturated heterocycles. The van der Waals surface area contributed by atoms with E-state index in [-0.39, 0.29) is 25.6 Å². The van der Waals surface area contributed by atoms with Crippen LogP contribution in [-0.2, 0) is 38.5 Å². The van der Waals surface area contributed by atoms with E-state index in [2.05, 4.69) is 34.9 Å². The Hall–Kier alpha value is -5.89. The summed E-state index contributed by atoms with van der Waals surface area (Å²) in [7, 11) is 0. The fraction of sp³-hybridized carbons (Fsp3) is 0.214. The summed E-state index contributed by atoms with van der Waals surface area (Å²) in [5.41, 5.74) is 7.29. The normalized spacial score (nSPS) is 12.9. The van der Waals surface area contributed by atoms with Gasteiger partial charge >= 0.3 is 12.1 Å². The summed E-state index contributed by atoms with van der Waals surface area (Å²) >= 11 is 0. The van der Waals surface area contributed by atoms with Gasteiger partial charge in [-0.05, 0) is 57.5 Å². The summed E-state index contributed by atoms with van der Waals surface area (Å²) in [6, 6.07) is 41.7. The molecule has 1 aliphatic rings. The average molecular weight is 669 g/mol. The van der Waals surface area contributed by atoms with Gasteiger partial charge in [0, 0.05) is 19.3 Å². The molecule has 2 N–H and O–H groups in total. The molecule has 2 atom stereocenters. The maximum absolute atomic E-state index is 13.9. The van der Waals surface area contributed by atoms with Crippen LogP contribution in [0.25, 0.3) is 11.1 Å². The minimum Gasteiger partial charge on any atom is -0.489 e. The quantitative estimate of drug-likeness (QED) is 0.124. The molecule has 1 unspecified atom stereocenters. The maximum atomic E-state index is 13.9. The molecule has 0 radical (unpaired) electrons. The van der Waals surface area contributed by atoms with Crippen LogP contribution in [0.2, 0.25) is 0 Å². The van der Waals surface area contributed by atoms with Gasteiger partial charge in [-0.15, -0.1) is 0 Å². The first kappa shape index (κ1) is 34.0. The van der Waals surface area contributed by atoms with Crippen LogP contribution in [0.4, 0.5) is 4.79 Å². The van der Waals surface area contributed by atoms with Crippen molar-refractivity contribution in [3.63, 3.8) is 0 Å². The Morgan fingerprint density at radius 3 is 1.80 bits per heavy atom. The van der Waals surface area contributed by atoms with Crippen molar-refractivity contribution in [1.82, 2.24) is 10.6 Å². The molecule has 0 saturated carbocycles. The van der Waals surface area contributed by atoms with E-state index in [1.165, 1.54) is 6.92 Å². The molecule has 1 aliphatic carbocycles. The van der Waals surface area contributed by atoms with E-state index in [1.807, 2.05) is 109 Å². The van der Waals surface area contributed by atoms with Gasteiger partial charge < -0.3 is 24.8 Å². The highest BCUT2D eigenvalue weighted by Gasteiger charge is 2.30. The third-order valence-corrected chi connectivity index (χ3v) is 8.72. The number of esters is 1. The number of carbonyl (C=O) groups is 3. The Balaban J connectivity index is 1.16. The number of rotatable bonds is 14. The first-order valence-electron chi connectivity index (χ1n) is 16.8. The smallest absolute Gasteiger partial charge is 0.407 e. The number of carbonyl (C=O) groups excluding carboxylic acids is 3. The number of nitrogens with one attached hydrogen (secondary N) is 2. The standard InChI is InChI=1S/C42H40N2O6/c1-29(45)48-27-33(24-30-12-4-2-5-13-30)43-41(46)40(25-31-20-22-34(23-21-31)49-26-32-14-6-3-7-15-32)44-42(47)50-28-39-37-18-10-8-16-35(37)36-17-9-11-19-38(36)39/h2-23,33,39-40H,24-28H2,1H3,(H,43,46)(H,44,47)/t33?,40-/m0/s1. The largest absolute Gasteiger partial charge is 0.489 e. The summed E-state index contributed by atoms with van der Waals surface area (Å²) in [6.45, 7) is 1.86. The molecule has 0 aliphatic heterocycles. The lowest BCUT2D eigenvalue weighted by molar-refractivity contribution is -0.142. The van der Waals surface area contributed by atoms with Crippen molar-refractivity contribution in [2.45, 2.75) is 44.4 Å². The highest BCUT2D eigenvalue weighted by Crippen LogP contribution is 2.44. The van der Waals surface area contributed by atoms with E-state index in [0.29, 0.717) is 18.8 Å². The zero-order valence-corrected chi connectivity index (χ0v) is 27.9. The van der Waals surface area contributed by atoms with Crippen molar-refractivity contribution in [3.8, 4) is 16.9 Å². The number of hydrogen-bond donors (Lipinski definition) is 2. The van der Waals surface area contributed by atoms with Gasteiger partial charge in [-0.2, -0.15) is 0 Å². The molecule has 254 valence electrons. The zero-order chi connectivity index (χ0) is 34.7. The van der Waals surface area contributed by atoms with Crippen molar-refractivity contribution in [3.05, 3.63) is 161 Å². The van der Waals surface area contributed by atoms with Crippen LogP contribution in [0.3, 0.4) is 0 Å². The van der Waals surface area contributed by atoms with Crippen molar-refractivity contribution < 1.29 is 28.6 Å². The van der Waals surface area contributed by atoms with E-state index in [4.69, 9.17) is 14.2 Å². The van der Waals surface area contributed by atoms with Crippen LogP contribution in [0.15, 0.2) is 133 Å². The van der Waals surface area contributed by atoms with Crippen LogP contribution in [0.5, 0.6) is 5.75 Å². The second-order valence-electron chi connectivity index (χ2n) is 12.3. The minimum absolute atomic E-state index is 0.0128. The fourth-order valence-electron chi connectivity index (χ4n) is 6.26. The molecule has 5 aromatic rings. The lowest BCUT2D eigenvalue weighted by Gasteiger charge is -2.24. The first-order valence-corrected chi connectivity index (χ1v) is 16.8. The molecule has 0 heterocycles. The summed E-state index contributed by atoms with van der Waals surface area (Å²) in [6.07, 6.45) is -0.0691. The van der Waals surface area contributed by atoms with E-state index in [0.717, 1.165) is 38.9 Å². The third-order valence-electron chi connectivity index (χ3n) is 8.72. The second kappa shape index (κ2) is 16.5. The highest BCUT2D eigenvalue weighted by molar-refractivity contribution is 5.86. The molecular formula is C42H40N2O6. The molecule has 50 heavy (non-hydrogen) atoms. The van der Waals surface area contributed by atoms with Crippen molar-refractivity contribution in [2.24, 2.45) is 0 Å². The molecule has 2 amide bonds. The lowest BCUT2D eigenvalue weighted by atomic mass is 9.98. The van der Waals surface area contributed by atoms with Gasteiger partial charge in [-0.25, -0.2) is 4.79 Å². The predicted octanol–water partition coefficient (Wildman–Crippen LogP) is 7.01. The van der Waals surface area contributed by atoms with Crippen molar-refractivity contribution >= 4 is 18.0 Å². The summed E-state index contributed by atoms with van der Waals surface area (Å²) in [5.74, 6) is -0.300. The molecule has 6 rings (SSSR count). The molecular weight excluding hydrogens is 628 g/mol. The van der Waals surface area contributed by atoms with Gasteiger partial charge in [0.25, 0.3) is 0 Å². The Morgan fingerprint density at radius 1 is 0.620 bits per heavy atom. The predicted molar refractivity (Wildman–Crippen MR) is 192 cm³/mol. The van der Waals surface area contributed by atoms with Gasteiger partial charge in [0.15, 0.2) is 0 Å². The highest BCUT2D eigenvalue weighted by atomic mass is 16.5. The number of amides is 2. The van der Waals surface area contributed by atoms with Gasteiger partial charge in [0.2, 0.25) is 5.91 Å². The molecule has 0 fully saturated rings. The molecule has 0 bridgehead atoms. The van der Waals surface area contributed by atoms with Crippen molar-refractivity contribution in [2.75, 3.05) is 13.2 Å². The van der Waals surface area contributed by atoms with Gasteiger partial charge in [0.1, 0.15) is 31.6 Å². The summed E-state index contributed by atoms with van der Waals surface area (Å²) in [5, 5.41) is 5.83. The van der Waals surface area contributed by atoms with E-state index >= 15 is 0 Å². The van der Waals surface area contributed by atoms with Gasteiger partial charge in [-0.3, -0.25) is 9.59 Å². The van der Waals surface area contributed by atoms with Crippen molar-refractivity contribution in [1.29, 1.82) is 0 Å². The van der Waals surface area contributed by atoms with Gasteiger partial charge in [0.05, 0.1) is 6.04 Å². The number of ether oxygens (including phenoxy) is 3. The third kappa shape index (κ3) is 8.96. The molecule has 5 aromatic carbocycles. The number of hydrogen-bond acceptors (Lipinski definition) is 6. The van der Waals surface area contributed by atoms with Crippen LogP contribution >= 0.6 is 0 Å². The van der Waals surface area contributed by atoms with E-state index < -0.39 is 30.1 Å². The SMILES string of the molecule is CC(=O)OCC(Cc1ccccc1)NC(=O)[C@H](Cc1ccc(OCc2ccccc2)cc1)NC(=O)OCC1c2ccccc2-c2ccccc21. The summed E-state index contributed by atoms with van der Waals surface area (Å²) < 4.78 is 17.0. The topological polar surface area (TPSA) is 103 Å². The first-order chi connectivity index (χ1) is 24.4. The van der Waals surface area contributed by atoms with Crippen LogP contribution in [-0.4, -0.2) is 43.3 Å². The molecule has 8 heteroatoms. The lowest BCUT2D eigenvalue weighted by Crippen LogP contribution is -2.52. The van der Waals surface area contributed by atoms with Gasteiger partial charge in [-0.1, -0.05) is 121 Å². The Bertz CT molecular complexity index is 1850.